The van der Waals surface area contributed by atoms with Crippen molar-refractivity contribution in [2.24, 2.45) is 0 Å². The van der Waals surface area contributed by atoms with Gasteiger partial charge < -0.3 is 14.0 Å². The van der Waals surface area contributed by atoms with E-state index in [9.17, 15) is 9.59 Å². The number of carbonyl (C=O) groups is 1. The van der Waals surface area contributed by atoms with Crippen LogP contribution in [0, 0.1) is 0 Å². The molecule has 0 aliphatic heterocycles. The highest BCUT2D eigenvalue weighted by molar-refractivity contribution is 6.33. The Hall–Kier alpha value is -2.53. The van der Waals surface area contributed by atoms with Crippen molar-refractivity contribution in [2.45, 2.75) is 20.4 Å². The number of benzene rings is 2. The van der Waals surface area contributed by atoms with Crippen LogP contribution in [0.4, 0.5) is 0 Å². The molecule has 3 aromatic rings. The SMILES string of the molecule is CCOC(=O)Cn1c2ccccc2c(=O)c2ccc(Cl)c(OCC)c21. The van der Waals surface area contributed by atoms with Crippen LogP contribution in [0.1, 0.15) is 13.8 Å². The predicted octanol–water partition coefficient (Wildman–Crippen LogP) is 3.77. The zero-order valence-corrected chi connectivity index (χ0v) is 14.8. The van der Waals surface area contributed by atoms with Gasteiger partial charge >= 0.3 is 5.97 Å². The van der Waals surface area contributed by atoms with E-state index in [1.54, 1.807) is 41.8 Å². The lowest BCUT2D eigenvalue weighted by molar-refractivity contribution is -0.143. The summed E-state index contributed by atoms with van der Waals surface area (Å²) in [5, 5.41) is 1.38. The third-order valence-electron chi connectivity index (χ3n) is 3.92. The van der Waals surface area contributed by atoms with Gasteiger partial charge in [-0.1, -0.05) is 23.7 Å². The summed E-state index contributed by atoms with van der Waals surface area (Å²) in [7, 11) is 0. The highest BCUT2D eigenvalue weighted by atomic mass is 35.5. The van der Waals surface area contributed by atoms with Crippen molar-refractivity contribution in [1.82, 2.24) is 4.57 Å². The van der Waals surface area contributed by atoms with Gasteiger partial charge in [-0.15, -0.1) is 0 Å². The van der Waals surface area contributed by atoms with E-state index >= 15 is 0 Å². The van der Waals surface area contributed by atoms with E-state index in [0.29, 0.717) is 39.2 Å². The van der Waals surface area contributed by atoms with Gasteiger partial charge in [0.25, 0.3) is 0 Å². The van der Waals surface area contributed by atoms with Gasteiger partial charge in [-0.25, -0.2) is 0 Å². The van der Waals surface area contributed by atoms with Crippen LogP contribution < -0.4 is 10.2 Å². The third kappa shape index (κ3) is 3.07. The first-order valence-corrected chi connectivity index (χ1v) is 8.48. The van der Waals surface area contributed by atoms with E-state index in [4.69, 9.17) is 21.1 Å². The van der Waals surface area contributed by atoms with Gasteiger partial charge in [-0.05, 0) is 38.1 Å². The minimum Gasteiger partial charge on any atom is -0.490 e. The summed E-state index contributed by atoms with van der Waals surface area (Å²) in [6, 6.07) is 10.5. The van der Waals surface area contributed by atoms with Crippen LogP contribution in [0.15, 0.2) is 41.2 Å². The number of carbonyl (C=O) groups excluding carboxylic acids is 1. The number of hydrogen-bond acceptors (Lipinski definition) is 4. The van der Waals surface area contributed by atoms with E-state index < -0.39 is 0 Å². The molecule has 0 unspecified atom stereocenters. The van der Waals surface area contributed by atoms with Gasteiger partial charge in [0, 0.05) is 5.39 Å². The monoisotopic (exact) mass is 359 g/mol. The molecule has 25 heavy (non-hydrogen) atoms. The molecule has 0 saturated heterocycles. The number of hydrogen-bond donors (Lipinski definition) is 0. The summed E-state index contributed by atoms with van der Waals surface area (Å²) < 4.78 is 12.5. The van der Waals surface area contributed by atoms with E-state index in [-0.39, 0.29) is 24.5 Å². The van der Waals surface area contributed by atoms with Crippen molar-refractivity contribution in [2.75, 3.05) is 13.2 Å². The number of aromatic nitrogens is 1. The van der Waals surface area contributed by atoms with Crippen LogP contribution in [0.2, 0.25) is 5.02 Å². The fourth-order valence-electron chi connectivity index (χ4n) is 2.95. The molecule has 0 spiro atoms. The average Bonchev–Trinajstić information content (AvgIpc) is 2.61. The maximum absolute atomic E-state index is 12.9. The molecular weight excluding hydrogens is 342 g/mol. The summed E-state index contributed by atoms with van der Waals surface area (Å²) in [5.41, 5.74) is 1.02. The lowest BCUT2D eigenvalue weighted by Crippen LogP contribution is -2.18. The zero-order valence-electron chi connectivity index (χ0n) is 14.0. The maximum atomic E-state index is 12.9. The second-order valence-corrected chi connectivity index (χ2v) is 5.85. The number of halogens is 1. The third-order valence-corrected chi connectivity index (χ3v) is 4.22. The molecule has 5 nitrogen and oxygen atoms in total. The van der Waals surface area contributed by atoms with Crippen molar-refractivity contribution < 1.29 is 14.3 Å². The standard InChI is InChI=1S/C19H18ClNO4/c1-3-24-16(22)11-21-15-8-6-5-7-12(15)18(23)13-9-10-14(20)19(17(13)21)25-4-2/h5-10H,3-4,11H2,1-2H3. The number of fused-ring (bicyclic) bond motifs is 2. The maximum Gasteiger partial charge on any atom is 0.325 e. The number of ether oxygens (including phenoxy) is 2. The van der Waals surface area contributed by atoms with Gasteiger partial charge in [0.2, 0.25) is 0 Å². The van der Waals surface area contributed by atoms with Gasteiger partial charge in [-0.3, -0.25) is 9.59 Å². The van der Waals surface area contributed by atoms with Crippen LogP contribution in [0.5, 0.6) is 5.75 Å². The predicted molar refractivity (Wildman–Crippen MR) is 98.5 cm³/mol. The zero-order chi connectivity index (χ0) is 18.0. The Morgan fingerprint density at radius 2 is 1.84 bits per heavy atom. The van der Waals surface area contributed by atoms with Crippen molar-refractivity contribution in [3.63, 3.8) is 0 Å². The minimum atomic E-state index is -0.389. The largest absolute Gasteiger partial charge is 0.490 e. The fourth-order valence-corrected chi connectivity index (χ4v) is 3.15. The highest BCUT2D eigenvalue weighted by Crippen LogP contribution is 2.34. The van der Waals surface area contributed by atoms with E-state index in [1.165, 1.54) is 0 Å². The second-order valence-electron chi connectivity index (χ2n) is 5.44. The normalized spacial score (nSPS) is 11.0. The first-order valence-electron chi connectivity index (χ1n) is 8.10. The smallest absolute Gasteiger partial charge is 0.325 e. The topological polar surface area (TPSA) is 57.5 Å². The molecule has 0 amide bonds. The Balaban J connectivity index is 2.44. The number of esters is 1. The Morgan fingerprint density at radius 3 is 2.56 bits per heavy atom. The average molecular weight is 360 g/mol. The number of pyridine rings is 1. The van der Waals surface area contributed by atoms with Crippen molar-refractivity contribution >= 4 is 39.4 Å². The van der Waals surface area contributed by atoms with Crippen LogP contribution in [0.3, 0.4) is 0 Å². The molecule has 0 N–H and O–H groups in total. The van der Waals surface area contributed by atoms with Crippen LogP contribution in [0.25, 0.3) is 21.8 Å². The Kier molecular flexibility index (Phi) is 4.95. The first kappa shape index (κ1) is 17.3. The summed E-state index contributed by atoms with van der Waals surface area (Å²) in [6.07, 6.45) is 0. The molecule has 2 aromatic carbocycles. The van der Waals surface area contributed by atoms with Crippen LogP contribution in [-0.2, 0) is 16.1 Å². The van der Waals surface area contributed by atoms with E-state index in [0.717, 1.165) is 0 Å². The number of para-hydroxylation sites is 1. The minimum absolute atomic E-state index is 0.0362. The van der Waals surface area contributed by atoms with Gasteiger partial charge in [-0.2, -0.15) is 0 Å². The summed E-state index contributed by atoms with van der Waals surface area (Å²) in [4.78, 5) is 25.0. The molecule has 0 fully saturated rings. The van der Waals surface area contributed by atoms with Crippen LogP contribution in [-0.4, -0.2) is 23.8 Å². The molecule has 3 rings (SSSR count). The van der Waals surface area contributed by atoms with Crippen molar-refractivity contribution in [1.29, 1.82) is 0 Å². The number of nitrogens with zero attached hydrogens (tertiary/aromatic N) is 1. The lowest BCUT2D eigenvalue weighted by atomic mass is 10.1. The quantitative estimate of drug-likeness (QED) is 0.514. The van der Waals surface area contributed by atoms with Gasteiger partial charge in [0.05, 0.1) is 34.7 Å². The fraction of sp³-hybridized carbons (Fsp3) is 0.263. The van der Waals surface area contributed by atoms with E-state index in [1.807, 2.05) is 13.0 Å². The first-order chi connectivity index (χ1) is 12.1. The summed E-state index contributed by atoms with van der Waals surface area (Å²) >= 11 is 6.30. The molecule has 0 atom stereocenters. The molecule has 6 heteroatoms. The van der Waals surface area contributed by atoms with Crippen LogP contribution >= 0.6 is 11.6 Å². The molecular formula is C19H18ClNO4. The van der Waals surface area contributed by atoms with Crippen molar-refractivity contribution in [3.05, 3.63) is 51.6 Å². The molecule has 1 heterocycles. The molecule has 1 aromatic heterocycles. The number of rotatable bonds is 5. The molecule has 0 bridgehead atoms. The molecule has 130 valence electrons. The van der Waals surface area contributed by atoms with Gasteiger partial charge in [0.1, 0.15) is 6.54 Å². The van der Waals surface area contributed by atoms with E-state index in [2.05, 4.69) is 0 Å². The molecule has 0 radical (unpaired) electrons. The lowest BCUT2D eigenvalue weighted by Gasteiger charge is -2.18. The molecule has 0 aliphatic carbocycles. The second kappa shape index (κ2) is 7.15. The summed E-state index contributed by atoms with van der Waals surface area (Å²) in [5.74, 6) is 0.00819. The molecule has 0 saturated carbocycles. The Bertz CT molecular complexity index is 1010. The Morgan fingerprint density at radius 1 is 1.08 bits per heavy atom. The van der Waals surface area contributed by atoms with Gasteiger partial charge in [0.15, 0.2) is 11.2 Å². The highest BCUT2D eigenvalue weighted by Gasteiger charge is 2.19. The Labute approximate surface area is 149 Å². The molecule has 0 aliphatic rings. The van der Waals surface area contributed by atoms with Crippen molar-refractivity contribution in [3.8, 4) is 5.75 Å². The summed E-state index contributed by atoms with van der Waals surface area (Å²) in [6.45, 7) is 4.23.